The molecule has 0 N–H and O–H groups in total. The van der Waals surface area contributed by atoms with Gasteiger partial charge in [-0.25, -0.2) is 0 Å². The molecule has 1 heteroatoms. The molecule has 0 aromatic heterocycles. The van der Waals surface area contributed by atoms with Crippen LogP contribution in [0.1, 0.15) is 73.6 Å². The van der Waals surface area contributed by atoms with Crippen LogP contribution >= 0.6 is 0 Å². The fraction of sp³-hybridized carbons (Fsp3) is 0.583. The van der Waals surface area contributed by atoms with Crippen molar-refractivity contribution in [2.45, 2.75) is 80.0 Å². The maximum atomic E-state index is 4.42. The standard InChI is InChI=1S/C24H38B/c1-8-9-13-19(2)20(3)16-21(4)22(5)17-23-18-25-15-12-10-11-14-24(23,6)7/h9-10,12-13,18,22H,4,8,11,14-17H2,1-3,5-7H3/b12-10-,13-9-,20-19-,23-18-. The third-order valence-electron chi connectivity index (χ3n) is 5.56. The van der Waals surface area contributed by atoms with Gasteiger partial charge in [0.15, 0.2) is 0 Å². The van der Waals surface area contributed by atoms with Gasteiger partial charge in [-0.05, 0) is 57.3 Å². The normalized spacial score (nSPS) is 23.4. The molecule has 0 aliphatic carbocycles. The van der Waals surface area contributed by atoms with Crippen LogP contribution in [-0.2, 0) is 0 Å². The first-order valence-corrected chi connectivity index (χ1v) is 9.96. The lowest BCUT2D eigenvalue weighted by Gasteiger charge is -2.31. The van der Waals surface area contributed by atoms with Crippen molar-refractivity contribution in [1.82, 2.24) is 0 Å². The molecule has 1 rings (SSSR count). The fourth-order valence-electron chi connectivity index (χ4n) is 3.24. The molecule has 1 radical (unpaired) electrons. The highest BCUT2D eigenvalue weighted by molar-refractivity contribution is 6.42. The molecule has 0 bridgehead atoms. The summed E-state index contributed by atoms with van der Waals surface area (Å²) in [7, 11) is 2.32. The Bertz CT molecular complexity index is 555. The Kier molecular flexibility index (Phi) is 9.32. The molecule has 1 unspecified atom stereocenters. The Balaban J connectivity index is 2.77. The van der Waals surface area contributed by atoms with Gasteiger partial charge in [0.05, 0.1) is 0 Å². The zero-order chi connectivity index (χ0) is 18.9. The van der Waals surface area contributed by atoms with Crippen LogP contribution in [0.5, 0.6) is 0 Å². The first-order chi connectivity index (χ1) is 11.8. The van der Waals surface area contributed by atoms with Crippen LogP contribution in [0.2, 0.25) is 6.32 Å². The molecule has 0 fully saturated rings. The SMILES string of the molecule is C=C(C/C(C)=C(C)\C=C/CC)C(C)C/C1=C/[B]C/C=C\CCC1(C)C. The average molecular weight is 337 g/mol. The number of rotatable bonds is 7. The first-order valence-electron chi connectivity index (χ1n) is 9.96. The average Bonchev–Trinajstić information content (AvgIpc) is 2.63. The van der Waals surface area contributed by atoms with Crippen molar-refractivity contribution in [2.75, 3.05) is 0 Å². The van der Waals surface area contributed by atoms with Gasteiger partial charge in [-0.1, -0.05) is 87.2 Å². The lowest BCUT2D eigenvalue weighted by Crippen LogP contribution is -2.18. The number of allylic oxidation sites excluding steroid dienone is 8. The van der Waals surface area contributed by atoms with E-state index in [-0.39, 0.29) is 5.41 Å². The minimum absolute atomic E-state index is 0.268. The van der Waals surface area contributed by atoms with Crippen molar-refractivity contribution in [3.05, 3.63) is 59.2 Å². The van der Waals surface area contributed by atoms with Crippen molar-refractivity contribution in [3.8, 4) is 0 Å². The van der Waals surface area contributed by atoms with Gasteiger partial charge in [-0.3, -0.25) is 0 Å². The maximum absolute atomic E-state index is 4.42. The van der Waals surface area contributed by atoms with Crippen LogP contribution < -0.4 is 0 Å². The highest BCUT2D eigenvalue weighted by Gasteiger charge is 2.24. The Morgan fingerprint density at radius 3 is 2.72 bits per heavy atom. The van der Waals surface area contributed by atoms with Crippen LogP contribution in [0.25, 0.3) is 0 Å². The van der Waals surface area contributed by atoms with E-state index in [0.717, 1.165) is 25.6 Å². The molecule has 0 saturated heterocycles. The van der Waals surface area contributed by atoms with Crippen molar-refractivity contribution < 1.29 is 0 Å². The van der Waals surface area contributed by atoms with E-state index in [0.29, 0.717) is 5.92 Å². The van der Waals surface area contributed by atoms with Crippen LogP contribution in [-0.4, -0.2) is 7.28 Å². The van der Waals surface area contributed by atoms with Gasteiger partial charge in [0.1, 0.15) is 7.28 Å². The van der Waals surface area contributed by atoms with E-state index in [1.54, 1.807) is 5.57 Å². The summed E-state index contributed by atoms with van der Waals surface area (Å²) in [6.07, 6.45) is 15.8. The van der Waals surface area contributed by atoms with E-state index in [9.17, 15) is 0 Å². The molecule has 25 heavy (non-hydrogen) atoms. The highest BCUT2D eigenvalue weighted by Crippen LogP contribution is 2.38. The van der Waals surface area contributed by atoms with E-state index >= 15 is 0 Å². The topological polar surface area (TPSA) is 0 Å². The summed E-state index contributed by atoms with van der Waals surface area (Å²) >= 11 is 0. The Labute approximate surface area is 158 Å². The number of hydrogen-bond acceptors (Lipinski definition) is 0. The summed E-state index contributed by atoms with van der Waals surface area (Å²) < 4.78 is 0. The lowest BCUT2D eigenvalue weighted by atomic mass is 9.67. The van der Waals surface area contributed by atoms with Crippen molar-refractivity contribution >= 4 is 7.28 Å². The van der Waals surface area contributed by atoms with Gasteiger partial charge in [0.2, 0.25) is 0 Å². The van der Waals surface area contributed by atoms with Crippen LogP contribution in [0.3, 0.4) is 0 Å². The van der Waals surface area contributed by atoms with Crippen LogP contribution in [0.4, 0.5) is 0 Å². The predicted molar refractivity (Wildman–Crippen MR) is 116 cm³/mol. The van der Waals surface area contributed by atoms with Crippen molar-refractivity contribution in [2.24, 2.45) is 11.3 Å². The first kappa shape index (κ1) is 21.8. The van der Waals surface area contributed by atoms with Gasteiger partial charge >= 0.3 is 0 Å². The second-order valence-corrected chi connectivity index (χ2v) is 8.27. The highest BCUT2D eigenvalue weighted by atomic mass is 14.3. The van der Waals surface area contributed by atoms with Gasteiger partial charge in [0.25, 0.3) is 0 Å². The van der Waals surface area contributed by atoms with E-state index in [4.69, 9.17) is 0 Å². The minimum Gasteiger partial charge on any atom is -0.123 e. The van der Waals surface area contributed by atoms with Crippen molar-refractivity contribution in [1.29, 1.82) is 0 Å². The molecule has 0 nitrogen and oxygen atoms in total. The zero-order valence-corrected chi connectivity index (χ0v) is 17.5. The summed E-state index contributed by atoms with van der Waals surface area (Å²) in [5.74, 6) is 2.91. The molecule has 1 atom stereocenters. The number of hydrogen-bond donors (Lipinski definition) is 0. The minimum atomic E-state index is 0.268. The summed E-state index contributed by atoms with van der Waals surface area (Å²) in [6, 6.07) is 0. The monoisotopic (exact) mass is 337 g/mol. The van der Waals surface area contributed by atoms with Gasteiger partial charge in [-0.15, -0.1) is 5.98 Å². The maximum Gasteiger partial charge on any atom is 0.145 e. The summed E-state index contributed by atoms with van der Waals surface area (Å²) in [4.78, 5) is 0. The summed E-state index contributed by atoms with van der Waals surface area (Å²) in [5.41, 5.74) is 6.03. The zero-order valence-electron chi connectivity index (χ0n) is 17.5. The molecule has 0 aromatic carbocycles. The smallest absolute Gasteiger partial charge is 0.123 e. The van der Waals surface area contributed by atoms with E-state index < -0.39 is 0 Å². The third kappa shape index (κ3) is 7.67. The molecule has 137 valence electrons. The van der Waals surface area contributed by atoms with Crippen LogP contribution in [0, 0.1) is 11.3 Å². The van der Waals surface area contributed by atoms with Crippen LogP contribution in [0.15, 0.2) is 59.2 Å². The molecular formula is C24H38B. The molecule has 0 aromatic rings. The van der Waals surface area contributed by atoms with E-state index in [2.05, 4.69) is 85.7 Å². The van der Waals surface area contributed by atoms with Gasteiger partial charge in [0, 0.05) is 0 Å². The summed E-state index contributed by atoms with van der Waals surface area (Å²) in [6.45, 7) is 18.2. The molecule has 0 amide bonds. The van der Waals surface area contributed by atoms with Crippen molar-refractivity contribution in [3.63, 3.8) is 0 Å². The molecular weight excluding hydrogens is 299 g/mol. The third-order valence-corrected chi connectivity index (χ3v) is 5.56. The second kappa shape index (κ2) is 10.7. The fourth-order valence-corrected chi connectivity index (χ4v) is 3.24. The Morgan fingerprint density at radius 1 is 1.32 bits per heavy atom. The molecule has 0 saturated carbocycles. The second-order valence-electron chi connectivity index (χ2n) is 8.27. The quantitative estimate of drug-likeness (QED) is 0.254. The lowest BCUT2D eigenvalue weighted by molar-refractivity contribution is 0.386. The molecule has 1 heterocycles. The van der Waals surface area contributed by atoms with Gasteiger partial charge < -0.3 is 0 Å². The molecule has 0 spiro atoms. The van der Waals surface area contributed by atoms with E-state index in [1.807, 2.05) is 0 Å². The molecule has 1 aliphatic rings. The Morgan fingerprint density at radius 2 is 2.04 bits per heavy atom. The largest absolute Gasteiger partial charge is 0.145 e. The predicted octanol–water partition coefficient (Wildman–Crippen LogP) is 7.64. The summed E-state index contributed by atoms with van der Waals surface area (Å²) in [5, 5.41) is 0. The molecule has 1 aliphatic heterocycles. The van der Waals surface area contributed by atoms with E-state index in [1.165, 1.54) is 29.6 Å². The Hall–Kier alpha value is -1.24. The van der Waals surface area contributed by atoms with Gasteiger partial charge in [-0.2, -0.15) is 0 Å².